The maximum atomic E-state index is 5.30. The van der Waals surface area contributed by atoms with Gasteiger partial charge in [-0.2, -0.15) is 5.10 Å². The third-order valence-corrected chi connectivity index (χ3v) is 21.5. The average Bonchev–Trinajstić information content (AvgIpc) is 1.74. The number of benzene rings is 1. The Labute approximate surface area is 684 Å². The number of ether oxygens (including phenoxy) is 1. The van der Waals surface area contributed by atoms with E-state index in [0.717, 1.165) is 197 Å². The number of rotatable bonds is 0. The molecule has 12 N–H and O–H groups in total. The fourth-order valence-corrected chi connectivity index (χ4v) is 15.3. The van der Waals surface area contributed by atoms with E-state index >= 15 is 0 Å². The molecule has 2 fully saturated rings. The maximum Gasteiger partial charge on any atom is 0.168 e. The first kappa shape index (κ1) is 82.0. The minimum Gasteiger partial charge on any atom is -0.488 e. The third-order valence-electron chi connectivity index (χ3n) is 20.4. The Morgan fingerprint density at radius 3 is 1.60 bits per heavy atom. The topological polar surface area (TPSA) is 334 Å². The van der Waals surface area contributed by atoms with Gasteiger partial charge in [0.05, 0.1) is 54.2 Å². The van der Waals surface area contributed by atoms with Gasteiger partial charge in [0.1, 0.15) is 53.4 Å². The molecule has 1 aromatic carbocycles. The Morgan fingerprint density at radius 2 is 0.922 bits per heavy atom. The van der Waals surface area contributed by atoms with Gasteiger partial charge in [-0.25, -0.2) is 39.9 Å². The van der Waals surface area contributed by atoms with Gasteiger partial charge in [0, 0.05) is 155 Å². The predicted molar refractivity (Wildman–Crippen MR) is 469 cm³/mol. The van der Waals surface area contributed by atoms with Crippen LogP contribution in [0.1, 0.15) is 103 Å². The number of para-hydroxylation sites is 1. The molecule has 1 saturated carbocycles. The smallest absolute Gasteiger partial charge is 0.168 e. The summed E-state index contributed by atoms with van der Waals surface area (Å²) in [6.45, 7) is 13.3. The molecule has 28 heteroatoms. The van der Waals surface area contributed by atoms with Crippen molar-refractivity contribution in [2.24, 2.45) is 5.92 Å². The quantitative estimate of drug-likeness (QED) is 0.0671. The summed E-state index contributed by atoms with van der Waals surface area (Å²) in [5.74, 6) is 11.1. The molecule has 11 aromatic heterocycles. The Kier molecular flexibility index (Phi) is 32.7. The van der Waals surface area contributed by atoms with Crippen molar-refractivity contribution >= 4 is 86.3 Å². The fourth-order valence-electron chi connectivity index (χ4n) is 14.4. The van der Waals surface area contributed by atoms with Crippen molar-refractivity contribution in [1.29, 1.82) is 0 Å². The molecule has 1 saturated heterocycles. The second-order valence-electron chi connectivity index (χ2n) is 28.7. The highest BCUT2D eigenvalue weighted by atomic mass is 32.2. The fraction of sp³-hybridized carbons (Fsp3) is 0.375. The van der Waals surface area contributed by atoms with Gasteiger partial charge in [-0.05, 0) is 222 Å². The van der Waals surface area contributed by atoms with Crippen LogP contribution >= 0.6 is 11.8 Å². The molecular formula is C88H109N25O2S. The zero-order valence-electron chi connectivity index (χ0n) is 66.2. The summed E-state index contributed by atoms with van der Waals surface area (Å²) < 4.78 is 10.4. The first-order chi connectivity index (χ1) is 57.6. The third kappa shape index (κ3) is 26.3. The summed E-state index contributed by atoms with van der Waals surface area (Å²) in [5, 5.41) is 47.8. The van der Waals surface area contributed by atoms with Crippen LogP contribution in [0.3, 0.4) is 0 Å². The van der Waals surface area contributed by atoms with Gasteiger partial charge in [0.25, 0.3) is 0 Å². The van der Waals surface area contributed by atoms with Gasteiger partial charge in [0.15, 0.2) is 17.4 Å². The van der Waals surface area contributed by atoms with Crippen molar-refractivity contribution in [3.63, 3.8) is 0 Å². The van der Waals surface area contributed by atoms with E-state index in [1.54, 1.807) is 43.6 Å². The number of fused-ring (bicyclic) bond motifs is 13. The Hall–Kier alpha value is -12.0. The van der Waals surface area contributed by atoms with Gasteiger partial charge in [-0.3, -0.25) is 15.0 Å². The van der Waals surface area contributed by atoms with Crippen LogP contribution in [0.2, 0.25) is 0 Å². The molecule has 0 spiro atoms. The van der Waals surface area contributed by atoms with Gasteiger partial charge in [-0.15, -0.1) is 16.9 Å². The molecule has 604 valence electrons. The average molecular weight is 1580 g/mol. The largest absolute Gasteiger partial charge is 0.488 e. The molecule has 2 unspecified atom stereocenters. The highest BCUT2D eigenvalue weighted by Crippen LogP contribution is 2.32. The van der Waals surface area contributed by atoms with Crippen LogP contribution in [0.25, 0.3) is 11.0 Å². The van der Waals surface area contributed by atoms with Gasteiger partial charge in [0.2, 0.25) is 0 Å². The lowest BCUT2D eigenvalue weighted by Crippen LogP contribution is -2.23. The molecule has 22 heterocycles. The highest BCUT2D eigenvalue weighted by molar-refractivity contribution is 7.99. The maximum absolute atomic E-state index is 5.30. The molecule has 24 rings (SSSR count). The predicted octanol–water partition coefficient (Wildman–Crippen LogP) is 14.9. The van der Waals surface area contributed by atoms with Crippen LogP contribution in [0.15, 0.2) is 212 Å². The number of anilines is 11. The normalized spacial score (nSPS) is 17.0. The number of aryl methyl sites for hydroxylation is 6. The zero-order valence-corrected chi connectivity index (χ0v) is 67.0. The molecule has 2 atom stereocenters. The molecule has 11 aliphatic heterocycles. The molecule has 12 aromatic rings. The van der Waals surface area contributed by atoms with Gasteiger partial charge < -0.3 is 73.0 Å². The number of nitrogens with one attached hydrogen (secondary N) is 12. The lowest BCUT2D eigenvalue weighted by molar-refractivity contribution is 0.321. The number of hydrogen-bond acceptors (Lipinski definition) is 28. The van der Waals surface area contributed by atoms with Crippen molar-refractivity contribution in [3.8, 4) is 5.75 Å². The summed E-state index contributed by atoms with van der Waals surface area (Å²) in [4.78, 5) is 46.6. The van der Waals surface area contributed by atoms with E-state index in [4.69, 9.17) is 9.15 Å². The van der Waals surface area contributed by atoms with E-state index < -0.39 is 0 Å². The molecule has 1 aliphatic carbocycles. The standard InChI is InChI=1S/C9H12N2.2C8H10N2.C8H6O.4C7H9N3.C7H8N2O.C7H8N2S.C7H8N2.C6H11N/c1-2-6-10-9-8(4-1)5-3-7-11-9;1-3-7-4-2-6-10-8(7)9-5-1;1-2-7-3-5-9-6-8(7)10-4-1;1-2-4-8-7(3-1)5-6-9-8;1-2-6-3-5-9-10-7(6)8-4-1;1-2-6-4-8-5-10-7(6)9-3-1;2*1-2-6-7(9-3-1)10-5-4-8-6;1-2-6-7(8-3-1)9-4-5-10-6;1-2-8-5-6-7(1)10-4-3-9-6;1-2-6-3-5-9-7(6)8-4-1;1-2-6-3-5(1)4-7-6/h3,5,7H,1-2,4,6H2,(H,10,11);1,3,5H,2,4,6H2,(H,9,10);3,5-6,10H,1-2,4H2;1-6H;3,5H,1-2,4H2,(H,8,10);4-5H,1-3H2,(H,8,9,10);4-5H,1-3H2,(H,9,10);1-3,8H,4-5H2,(H,9,10);1-3H,4-5H2,(H,8,9);1-2,5,9H,3-4H2;1-2,4H,3,5H2,(H,8,9);5-7H,1-4H2. The first-order valence-electron chi connectivity index (χ1n) is 41.1. The summed E-state index contributed by atoms with van der Waals surface area (Å²) in [7, 11) is 0. The summed E-state index contributed by atoms with van der Waals surface area (Å²) >= 11 is 1.89. The van der Waals surface area contributed by atoms with Crippen LogP contribution < -0.4 is 68.5 Å². The Morgan fingerprint density at radius 1 is 0.353 bits per heavy atom. The van der Waals surface area contributed by atoms with Crippen molar-refractivity contribution in [2.75, 3.05) is 149 Å². The Bertz CT molecular complexity index is 3970. The molecule has 0 radical (unpaired) electrons. The van der Waals surface area contributed by atoms with Gasteiger partial charge >= 0.3 is 0 Å². The number of furan rings is 1. The van der Waals surface area contributed by atoms with Crippen LogP contribution in [-0.2, 0) is 44.9 Å². The minimum absolute atomic E-state index is 0.735. The highest BCUT2D eigenvalue weighted by Gasteiger charge is 2.30. The molecule has 27 nitrogen and oxygen atoms in total. The molecule has 12 aliphatic rings. The summed E-state index contributed by atoms with van der Waals surface area (Å²) in [6, 6.07) is 37.1. The van der Waals surface area contributed by atoms with E-state index in [1.807, 2.05) is 146 Å². The van der Waals surface area contributed by atoms with Crippen molar-refractivity contribution < 1.29 is 9.15 Å². The lowest BCUT2D eigenvalue weighted by atomic mass is 10.1. The number of piperidine rings is 1. The monoisotopic (exact) mass is 1580 g/mol. The van der Waals surface area contributed by atoms with E-state index in [-0.39, 0.29) is 0 Å². The summed E-state index contributed by atoms with van der Waals surface area (Å²) in [5.41, 5.74) is 13.6. The van der Waals surface area contributed by atoms with Crippen LogP contribution in [0.5, 0.6) is 5.75 Å². The van der Waals surface area contributed by atoms with Crippen molar-refractivity contribution in [1.82, 2.24) is 70.3 Å². The van der Waals surface area contributed by atoms with Crippen molar-refractivity contribution in [2.45, 2.75) is 120 Å². The minimum atomic E-state index is 0.735. The molecule has 116 heavy (non-hydrogen) atoms. The van der Waals surface area contributed by atoms with Crippen LogP contribution in [-0.4, -0.2) is 162 Å². The van der Waals surface area contributed by atoms with Crippen LogP contribution in [0.4, 0.5) is 63.6 Å². The molecular weight excluding hydrogens is 1470 g/mol. The lowest BCUT2D eigenvalue weighted by Gasteiger charge is -2.17. The van der Waals surface area contributed by atoms with E-state index in [2.05, 4.69) is 153 Å². The van der Waals surface area contributed by atoms with Crippen LogP contribution in [0, 0.1) is 5.92 Å². The Balaban J connectivity index is 0.000000110. The van der Waals surface area contributed by atoms with Crippen molar-refractivity contribution in [3.05, 3.63) is 241 Å². The SMILES string of the molecule is C1CC2CC1CN2.c1cc2c(cn1)NCCC2.c1cc2c(cn1)NCCS2.c1cc2c(nn1)NCCC2.c1ccc2occc2c1.c1cnc2c(c1)CCCCN2.c1cnc2c(c1)CCCN2.c1cnc2c(c1)CCN2.c1cnc2c(c1)NCCN2.c1cnc2c(c1)OCCN2.c1cnc2c(n1)CCCN2.c1ncc2c(n1)NCCC2. The number of pyridine rings is 7. The second-order valence-corrected chi connectivity index (χ2v) is 29.8. The first-order valence-corrected chi connectivity index (χ1v) is 42.1. The number of aromatic nitrogens is 13. The number of hydrogen-bond donors (Lipinski definition) is 12. The number of thioether (sulfide) groups is 1. The van der Waals surface area contributed by atoms with E-state index in [0.29, 0.717) is 0 Å². The van der Waals surface area contributed by atoms with E-state index in [1.165, 1.54) is 140 Å². The molecule has 2 bridgehead atoms. The molecule has 0 amide bonds. The van der Waals surface area contributed by atoms with E-state index in [9.17, 15) is 0 Å². The van der Waals surface area contributed by atoms with Gasteiger partial charge in [-0.1, -0.05) is 36.4 Å². The number of nitrogens with zero attached hydrogens (tertiary/aromatic N) is 13. The summed E-state index contributed by atoms with van der Waals surface area (Å²) in [6.07, 6.45) is 47.9. The zero-order chi connectivity index (χ0) is 78.9. The second kappa shape index (κ2) is 46.4.